The van der Waals surface area contributed by atoms with Crippen LogP contribution < -0.4 is 0 Å². The molecule has 2 aromatic heterocycles. The van der Waals surface area contributed by atoms with Crippen molar-refractivity contribution in [2.45, 2.75) is 267 Å². The van der Waals surface area contributed by atoms with E-state index in [0.717, 1.165) is 90.6 Å². The average molecular weight is 1380 g/mol. The van der Waals surface area contributed by atoms with Gasteiger partial charge in [-0.2, -0.15) is 0 Å². The Labute approximate surface area is 587 Å². The van der Waals surface area contributed by atoms with Crippen LogP contribution in [0.25, 0.3) is 10.9 Å². The van der Waals surface area contributed by atoms with Gasteiger partial charge in [0.2, 0.25) is 0 Å². The SMILES string of the molecule is CN1[C@@H]2CC[C@H]1C[C@@H](OC(c1ccccc1)c1ccccc1)C2.C[C@H]1O[C@@H](O[C@H]2[C@@H](O)C[C@H](O[C@H]3[C@@H](O)C[C@H](O[C@H]4CC[C@@]5(C)[C@H](CC[C@@H]6[C@@H]5C[C@@H](O)[C@]5(C)[C@@H](C7=CC(=O)OC7)CC[C@]65O)C4)O[C@@H]3C)O[C@@H]2C)C[C@H](O)[C@@H]1O.Cc1nc[nH]c1CN1CCc2c(c3ccccc3n2C)C1=O. The highest BCUT2D eigenvalue weighted by Gasteiger charge is 2.71. The van der Waals surface area contributed by atoms with Gasteiger partial charge in [-0.1, -0.05) is 92.7 Å². The lowest BCUT2D eigenvalue weighted by atomic mass is 9.42. The number of cyclic esters (lactones) is 1. The van der Waals surface area contributed by atoms with Crippen LogP contribution in [-0.4, -0.2) is 197 Å². The predicted molar refractivity (Wildman–Crippen MR) is 371 cm³/mol. The maximum absolute atomic E-state index is 13.0. The van der Waals surface area contributed by atoms with Crippen molar-refractivity contribution in [3.8, 4) is 0 Å². The van der Waals surface area contributed by atoms with Crippen molar-refractivity contribution < 1.29 is 78.1 Å². The molecular weight excluding hydrogens is 1270 g/mol. The number of para-hydroxylation sites is 1. The molecule has 5 aromatic rings. The summed E-state index contributed by atoms with van der Waals surface area (Å²) in [5.41, 5.74) is 6.71. The number of rotatable bonds is 13. The number of nitrogens with zero attached hydrogens (tertiary/aromatic N) is 4. The Hall–Kier alpha value is -5.47. The predicted octanol–water partition coefficient (Wildman–Crippen LogP) is 9.04. The first kappa shape index (κ1) is 71.5. The van der Waals surface area contributed by atoms with Crippen molar-refractivity contribution >= 4 is 22.8 Å². The number of hydrogen-bond acceptors (Lipinski definition) is 18. The molecule has 2 bridgehead atoms. The first-order valence-electron chi connectivity index (χ1n) is 37.2. The Morgan fingerprint density at radius 2 is 1.28 bits per heavy atom. The van der Waals surface area contributed by atoms with Gasteiger partial charge in [0.15, 0.2) is 18.9 Å². The highest BCUT2D eigenvalue weighted by atomic mass is 16.7. The number of aliphatic hydroxyl groups excluding tert-OH is 5. The van der Waals surface area contributed by atoms with Crippen LogP contribution in [0.3, 0.4) is 0 Å². The number of aryl methyl sites for hydroxylation is 2. The lowest BCUT2D eigenvalue weighted by Crippen LogP contribution is -2.67. The number of aromatic amines is 1. The maximum Gasteiger partial charge on any atom is 0.331 e. The smallest absolute Gasteiger partial charge is 0.331 e. The van der Waals surface area contributed by atoms with Gasteiger partial charge >= 0.3 is 5.97 Å². The monoisotopic (exact) mass is 1380 g/mol. The average Bonchev–Trinajstić information content (AvgIpc) is 1.47. The Morgan fingerprint density at radius 3 is 1.88 bits per heavy atom. The van der Waals surface area contributed by atoms with E-state index in [0.29, 0.717) is 43.5 Å². The van der Waals surface area contributed by atoms with Crippen molar-refractivity contribution in [1.29, 1.82) is 0 Å². The summed E-state index contributed by atoms with van der Waals surface area (Å²) in [5.74, 6) is 0.322. The Bertz CT molecular complexity index is 3600. The number of amides is 1. The van der Waals surface area contributed by atoms with Gasteiger partial charge in [-0.3, -0.25) is 4.79 Å². The summed E-state index contributed by atoms with van der Waals surface area (Å²) < 4.78 is 50.9. The second kappa shape index (κ2) is 29.2. The molecule has 7 aliphatic heterocycles. The van der Waals surface area contributed by atoms with E-state index >= 15 is 0 Å². The molecule has 544 valence electrons. The summed E-state index contributed by atoms with van der Waals surface area (Å²) >= 11 is 0. The normalized spacial score (nSPS) is 40.1. The number of imidazole rings is 1. The second-order valence-electron chi connectivity index (χ2n) is 31.6. The van der Waals surface area contributed by atoms with Crippen molar-refractivity contribution in [2.24, 2.45) is 41.5 Å². The van der Waals surface area contributed by atoms with Crippen molar-refractivity contribution in [2.75, 3.05) is 20.2 Å². The minimum Gasteiger partial charge on any atom is -0.458 e. The largest absolute Gasteiger partial charge is 0.458 e. The fraction of sp³-hybridized carbons (Fsp3) is 0.658. The topological polar surface area (TPSA) is 269 Å². The quantitative estimate of drug-likeness (QED) is 0.0428. The zero-order chi connectivity index (χ0) is 70.1. The molecule has 4 saturated carbocycles. The first-order chi connectivity index (χ1) is 48.0. The van der Waals surface area contributed by atoms with E-state index in [1.165, 1.54) is 36.8 Å². The Kier molecular flexibility index (Phi) is 20.9. The summed E-state index contributed by atoms with van der Waals surface area (Å²) in [6, 6.07) is 30.8. The van der Waals surface area contributed by atoms with E-state index in [1.807, 2.05) is 50.9 Å². The molecule has 100 heavy (non-hydrogen) atoms. The standard InChI is InChI=1S/C41H64O14.C21H25NO.C17H18N4O/c1-19-36(47)28(42)15-34(50-19)54-38-21(3)52-35(17-30(38)44)55-37-20(2)51-33(16-29(37)43)53-24-8-10-39(4)23(13-24)6-7-26-27(39)14-31(45)40(5)25(9-11-41(26,40)48)22-12-32(46)49-18-22;1-22-18-12-13-19(22)15-20(14-18)23-21(16-8-4-2-5-9-16)17-10-6-3-7-11-17;1-11-13(19-10-18-11)9-21-8-7-15-16(17(21)22)12-5-3-4-6-14(12)20(15)2/h12,19-21,23-31,33-38,42-45,47-48H,6-11,13-18H2,1-5H3;2-11,18-21H,12-15H2,1H3;3-6,10H,7-9H2,1-2H3,(H,18,19)/t19-,20-,21-,23-,24+,25-,26-,27+,28+,29+,30+,31-,33+,34+,35+,36-,37-,38-,39+,40+,41+;18-,19+,20+;/m1../s1. The third-order valence-corrected chi connectivity index (χ3v) is 26.2. The molecular formula is C79H107N5O16. The van der Waals surface area contributed by atoms with Crippen LogP contribution in [-0.2, 0) is 62.7 Å². The molecule has 11 aliphatic rings. The molecule has 3 aromatic carbocycles. The van der Waals surface area contributed by atoms with Gasteiger partial charge in [-0.15, -0.1) is 0 Å². The van der Waals surface area contributed by atoms with E-state index in [4.69, 9.17) is 37.9 Å². The lowest BCUT2D eigenvalue weighted by Gasteiger charge is -2.65. The summed E-state index contributed by atoms with van der Waals surface area (Å²) in [5, 5.41) is 67.9. The van der Waals surface area contributed by atoms with Crippen LogP contribution in [0.15, 0.2) is 103 Å². The second-order valence-corrected chi connectivity index (χ2v) is 31.6. The zero-order valence-corrected chi connectivity index (χ0v) is 59.4. The highest BCUT2D eigenvalue weighted by molar-refractivity contribution is 6.09. The van der Waals surface area contributed by atoms with Gasteiger partial charge in [0.05, 0.1) is 90.4 Å². The van der Waals surface area contributed by atoms with E-state index in [-0.39, 0.29) is 73.1 Å². The van der Waals surface area contributed by atoms with Crippen LogP contribution in [0.1, 0.15) is 176 Å². The molecule has 24 atom stereocenters. The number of ether oxygens (including phenoxy) is 8. The number of H-pyrrole nitrogens is 1. The fourth-order valence-corrected chi connectivity index (χ4v) is 20.4. The molecule has 4 aliphatic carbocycles. The summed E-state index contributed by atoms with van der Waals surface area (Å²) in [7, 11) is 4.33. The number of nitrogens with one attached hydrogen (secondary N) is 1. The van der Waals surface area contributed by atoms with E-state index in [1.54, 1.807) is 26.3 Å². The van der Waals surface area contributed by atoms with E-state index < -0.39 is 90.9 Å². The van der Waals surface area contributed by atoms with Gasteiger partial charge in [0.25, 0.3) is 5.91 Å². The number of benzene rings is 3. The van der Waals surface area contributed by atoms with Crippen molar-refractivity contribution in [3.63, 3.8) is 0 Å². The Balaban J connectivity index is 0.000000153. The highest BCUT2D eigenvalue weighted by Crippen LogP contribution is 2.70. The van der Waals surface area contributed by atoms with E-state index in [9.17, 15) is 40.2 Å². The summed E-state index contributed by atoms with van der Waals surface area (Å²) in [4.78, 5) is 36.7. The number of esters is 1. The van der Waals surface area contributed by atoms with Gasteiger partial charge in [0.1, 0.15) is 31.0 Å². The molecule has 1 amide bonds. The summed E-state index contributed by atoms with van der Waals surface area (Å²) in [6.45, 7) is 13.2. The van der Waals surface area contributed by atoms with Crippen molar-refractivity contribution in [1.82, 2.24) is 24.3 Å². The lowest BCUT2D eigenvalue weighted by molar-refractivity contribution is -0.336. The number of aliphatic hydroxyl groups is 6. The molecule has 21 heteroatoms. The fourth-order valence-electron chi connectivity index (χ4n) is 20.4. The van der Waals surface area contributed by atoms with Gasteiger partial charge < -0.3 is 87.9 Å². The molecule has 9 fully saturated rings. The van der Waals surface area contributed by atoms with Crippen LogP contribution >= 0.6 is 0 Å². The number of carbonyl (C=O) groups is 2. The molecule has 9 heterocycles. The van der Waals surface area contributed by atoms with Gasteiger partial charge in [0, 0.05) is 79.4 Å². The number of piperidine rings is 1. The maximum atomic E-state index is 13.0. The molecule has 0 spiro atoms. The molecule has 0 radical (unpaired) electrons. The van der Waals surface area contributed by atoms with Crippen LogP contribution in [0.2, 0.25) is 0 Å². The van der Waals surface area contributed by atoms with Crippen LogP contribution in [0.5, 0.6) is 0 Å². The molecule has 5 saturated heterocycles. The third kappa shape index (κ3) is 13.6. The molecule has 0 unspecified atom stereocenters. The van der Waals surface area contributed by atoms with Crippen LogP contribution in [0, 0.1) is 41.4 Å². The number of fused-ring (bicyclic) bond motifs is 10. The van der Waals surface area contributed by atoms with Gasteiger partial charge in [-0.25, -0.2) is 9.78 Å². The Morgan fingerprint density at radius 1 is 0.670 bits per heavy atom. The number of carbonyl (C=O) groups excluding carboxylic acids is 2. The summed E-state index contributed by atoms with van der Waals surface area (Å²) in [6.07, 6.45) is 6.49. The molecule has 16 rings (SSSR count). The minimum atomic E-state index is -1.01. The van der Waals surface area contributed by atoms with Crippen LogP contribution in [0.4, 0.5) is 0 Å². The number of aromatic nitrogens is 3. The third-order valence-electron chi connectivity index (χ3n) is 26.2. The number of hydrogen-bond donors (Lipinski definition) is 7. The molecule has 21 nitrogen and oxygen atoms in total. The molecule has 7 N–H and O–H groups in total. The zero-order valence-electron chi connectivity index (χ0n) is 59.4. The minimum absolute atomic E-state index is 0.0452. The first-order valence-corrected chi connectivity index (χ1v) is 37.2. The van der Waals surface area contributed by atoms with Gasteiger partial charge in [-0.05, 0) is 164 Å². The van der Waals surface area contributed by atoms with Crippen molar-refractivity contribution in [3.05, 3.63) is 137 Å². The van der Waals surface area contributed by atoms with E-state index in [2.05, 4.69) is 100 Å².